The highest BCUT2D eigenvalue weighted by atomic mass is 16.5. The molecule has 2 aliphatic rings. The minimum Gasteiger partial charge on any atom is -0.469 e. The molecule has 1 N–H and O–H groups in total. The van der Waals surface area contributed by atoms with Gasteiger partial charge in [0.15, 0.2) is 0 Å². The highest BCUT2D eigenvalue weighted by Crippen LogP contribution is 2.37. The second kappa shape index (κ2) is 7.28. The van der Waals surface area contributed by atoms with Crippen molar-refractivity contribution < 1.29 is 9.53 Å². The van der Waals surface area contributed by atoms with Crippen molar-refractivity contribution in [2.45, 2.75) is 38.5 Å². The van der Waals surface area contributed by atoms with Crippen molar-refractivity contribution in [2.75, 3.05) is 26.7 Å². The Morgan fingerprint density at radius 2 is 2.19 bits per heavy atom. The summed E-state index contributed by atoms with van der Waals surface area (Å²) in [6.45, 7) is 5.51. The van der Waals surface area contributed by atoms with Gasteiger partial charge in [0, 0.05) is 42.1 Å². The number of H-pyrrole nitrogens is 1. The molecule has 0 saturated heterocycles. The first-order valence-electron chi connectivity index (χ1n) is 9.76. The fourth-order valence-electron chi connectivity index (χ4n) is 4.73. The number of ether oxygens (including phenoxy) is 1. The first-order chi connectivity index (χ1) is 12.7. The molecule has 0 fully saturated rings. The first kappa shape index (κ1) is 17.3. The second-order valence-corrected chi connectivity index (χ2v) is 7.70. The third-order valence-corrected chi connectivity index (χ3v) is 6.01. The van der Waals surface area contributed by atoms with Gasteiger partial charge < -0.3 is 9.72 Å². The van der Waals surface area contributed by atoms with Gasteiger partial charge in [-0.3, -0.25) is 9.69 Å². The minimum atomic E-state index is -0.119. The summed E-state index contributed by atoms with van der Waals surface area (Å²) in [6.07, 6.45) is 6.05. The lowest BCUT2D eigenvalue weighted by atomic mass is 9.85. The largest absolute Gasteiger partial charge is 0.469 e. The average molecular weight is 352 g/mol. The second-order valence-electron chi connectivity index (χ2n) is 7.70. The van der Waals surface area contributed by atoms with E-state index in [4.69, 9.17) is 4.74 Å². The number of hydrogen-bond acceptors (Lipinski definition) is 3. The number of para-hydroxylation sites is 1. The summed E-state index contributed by atoms with van der Waals surface area (Å²) in [5, 5.41) is 1.30. The Morgan fingerprint density at radius 3 is 3.00 bits per heavy atom. The first-order valence-corrected chi connectivity index (χ1v) is 9.76. The maximum Gasteiger partial charge on any atom is 0.306 e. The van der Waals surface area contributed by atoms with Gasteiger partial charge in [-0.1, -0.05) is 36.8 Å². The van der Waals surface area contributed by atoms with Gasteiger partial charge in [0.25, 0.3) is 0 Å². The quantitative estimate of drug-likeness (QED) is 0.670. The minimum absolute atomic E-state index is 0.119. The van der Waals surface area contributed by atoms with Gasteiger partial charge in [-0.05, 0) is 36.8 Å². The Kier molecular flexibility index (Phi) is 4.86. The molecule has 4 heteroatoms. The molecular weight excluding hydrogens is 324 g/mol. The van der Waals surface area contributed by atoms with E-state index in [1.54, 1.807) is 0 Å². The topological polar surface area (TPSA) is 45.3 Å². The van der Waals surface area contributed by atoms with Crippen LogP contribution >= 0.6 is 0 Å². The predicted molar refractivity (Wildman–Crippen MR) is 104 cm³/mol. The fourth-order valence-corrected chi connectivity index (χ4v) is 4.73. The number of nitrogens with one attached hydrogen (secondary N) is 1. The molecule has 0 spiro atoms. The van der Waals surface area contributed by atoms with Gasteiger partial charge >= 0.3 is 5.97 Å². The van der Waals surface area contributed by atoms with Gasteiger partial charge in [-0.25, -0.2) is 0 Å². The van der Waals surface area contributed by atoms with E-state index in [1.807, 2.05) is 0 Å². The summed E-state index contributed by atoms with van der Waals surface area (Å²) in [5.74, 6) is 0.569. The molecule has 3 heterocycles. The molecule has 0 amide bonds. The van der Waals surface area contributed by atoms with E-state index in [0.29, 0.717) is 12.3 Å². The summed E-state index contributed by atoms with van der Waals surface area (Å²) in [4.78, 5) is 18.4. The van der Waals surface area contributed by atoms with Crippen molar-refractivity contribution in [2.24, 2.45) is 5.92 Å². The smallest absolute Gasteiger partial charge is 0.306 e. The zero-order valence-corrected chi connectivity index (χ0v) is 15.8. The summed E-state index contributed by atoms with van der Waals surface area (Å²) >= 11 is 0. The highest BCUT2D eigenvalue weighted by molar-refractivity contribution is 5.85. The van der Waals surface area contributed by atoms with E-state index in [0.717, 1.165) is 38.9 Å². The third kappa shape index (κ3) is 3.30. The van der Waals surface area contributed by atoms with Crippen LogP contribution in [-0.2, 0) is 16.0 Å². The van der Waals surface area contributed by atoms with Crippen LogP contribution in [0.25, 0.3) is 10.9 Å². The molecule has 0 saturated carbocycles. The van der Waals surface area contributed by atoms with Gasteiger partial charge in [-0.2, -0.15) is 0 Å². The molecule has 4 rings (SSSR count). The molecule has 1 aromatic carbocycles. The molecule has 2 aliphatic heterocycles. The number of methoxy groups -OCH3 is 1. The van der Waals surface area contributed by atoms with Gasteiger partial charge in [0.05, 0.1) is 13.5 Å². The Labute approximate surface area is 155 Å². The number of fused-ring (bicyclic) bond motifs is 5. The number of rotatable bonds is 3. The van der Waals surface area contributed by atoms with Gasteiger partial charge in [0.1, 0.15) is 0 Å². The molecule has 138 valence electrons. The van der Waals surface area contributed by atoms with Gasteiger partial charge in [-0.15, -0.1) is 0 Å². The van der Waals surface area contributed by atoms with E-state index in [2.05, 4.69) is 47.1 Å². The van der Waals surface area contributed by atoms with Crippen LogP contribution in [0.3, 0.4) is 0 Å². The zero-order chi connectivity index (χ0) is 18.1. The summed E-state index contributed by atoms with van der Waals surface area (Å²) in [6, 6.07) is 8.52. The van der Waals surface area contributed by atoms with Crippen LogP contribution < -0.4 is 0 Å². The van der Waals surface area contributed by atoms with Crippen LogP contribution in [0.1, 0.15) is 43.4 Å². The summed E-state index contributed by atoms with van der Waals surface area (Å²) < 4.78 is 5.01. The van der Waals surface area contributed by atoms with E-state index in [-0.39, 0.29) is 11.9 Å². The lowest BCUT2D eigenvalue weighted by Gasteiger charge is -2.32. The number of hydrogen-bond donors (Lipinski definition) is 1. The number of carbonyl (C=O) groups excluding carboxylic acids is 1. The molecule has 0 radical (unpaired) electrons. The maximum absolute atomic E-state index is 12.1. The van der Waals surface area contributed by atoms with E-state index in [9.17, 15) is 4.79 Å². The Bertz CT molecular complexity index is 836. The van der Waals surface area contributed by atoms with Crippen LogP contribution in [0.5, 0.6) is 0 Å². The van der Waals surface area contributed by atoms with Crippen molar-refractivity contribution in [3.63, 3.8) is 0 Å². The number of aromatic nitrogens is 1. The number of esters is 1. The molecule has 0 aliphatic carbocycles. The van der Waals surface area contributed by atoms with Crippen LogP contribution in [0.4, 0.5) is 0 Å². The number of benzene rings is 1. The molecule has 26 heavy (non-hydrogen) atoms. The van der Waals surface area contributed by atoms with E-state index < -0.39 is 0 Å². The van der Waals surface area contributed by atoms with Crippen molar-refractivity contribution in [1.29, 1.82) is 0 Å². The number of aromatic amines is 1. The molecule has 3 atom stereocenters. The molecular formula is C22H28N2O2. The monoisotopic (exact) mass is 352 g/mol. The van der Waals surface area contributed by atoms with Crippen molar-refractivity contribution >= 4 is 16.9 Å². The van der Waals surface area contributed by atoms with E-state index in [1.165, 1.54) is 34.8 Å². The Balaban J connectivity index is 1.77. The Morgan fingerprint density at radius 1 is 1.35 bits per heavy atom. The van der Waals surface area contributed by atoms with Crippen LogP contribution in [0, 0.1) is 5.92 Å². The highest BCUT2D eigenvalue weighted by Gasteiger charge is 2.30. The standard InChI is InChI=1S/C22H28N2O2/c1-3-15-10-16-11-17(12-21(25)26-2)22-19(8-9-24(13-15)14-16)18-6-4-5-7-20(18)23-22/h4-7,10,16-17,23H,3,8-9,11-14H2,1-2H3. The molecule has 1 aromatic heterocycles. The van der Waals surface area contributed by atoms with Crippen molar-refractivity contribution in [3.05, 3.63) is 47.2 Å². The predicted octanol–water partition coefficient (Wildman–Crippen LogP) is 4.03. The number of carbonyl (C=O) groups is 1. The van der Waals surface area contributed by atoms with Gasteiger partial charge in [0.2, 0.25) is 0 Å². The SMILES string of the molecule is CCC1=CC2CC(CC(=O)OC)c3[nH]c4ccccc4c3CCN(C1)C2. The lowest BCUT2D eigenvalue weighted by molar-refractivity contribution is -0.141. The van der Waals surface area contributed by atoms with Crippen LogP contribution in [0.2, 0.25) is 0 Å². The molecule has 2 aromatic rings. The van der Waals surface area contributed by atoms with Crippen LogP contribution in [-0.4, -0.2) is 42.6 Å². The fraction of sp³-hybridized carbons (Fsp3) is 0.500. The van der Waals surface area contributed by atoms with Crippen molar-refractivity contribution in [1.82, 2.24) is 9.88 Å². The molecule has 4 nitrogen and oxygen atoms in total. The van der Waals surface area contributed by atoms with Crippen LogP contribution in [0.15, 0.2) is 35.9 Å². The zero-order valence-electron chi connectivity index (χ0n) is 15.8. The Hall–Kier alpha value is -2.07. The summed E-state index contributed by atoms with van der Waals surface area (Å²) in [7, 11) is 1.49. The maximum atomic E-state index is 12.1. The molecule has 2 bridgehead atoms. The molecule has 3 unspecified atom stereocenters. The number of nitrogens with zero attached hydrogens (tertiary/aromatic N) is 1. The normalized spacial score (nSPS) is 25.6. The van der Waals surface area contributed by atoms with Crippen molar-refractivity contribution in [3.8, 4) is 0 Å². The third-order valence-electron chi connectivity index (χ3n) is 6.01. The average Bonchev–Trinajstić information content (AvgIpc) is 3.04. The van der Waals surface area contributed by atoms with E-state index >= 15 is 0 Å². The lowest BCUT2D eigenvalue weighted by Crippen LogP contribution is -2.36. The summed E-state index contributed by atoms with van der Waals surface area (Å²) in [5.41, 5.74) is 5.35.